The molecule has 0 aliphatic heterocycles. The van der Waals surface area contributed by atoms with Gasteiger partial charge in [0, 0.05) is 12.2 Å². The number of hydrogen-bond donors (Lipinski definition) is 2. The first kappa shape index (κ1) is 14.5. The summed E-state index contributed by atoms with van der Waals surface area (Å²) in [4.78, 5) is 3.92. The summed E-state index contributed by atoms with van der Waals surface area (Å²) < 4.78 is 27.3. The Morgan fingerprint density at radius 1 is 1.20 bits per heavy atom. The molecule has 0 saturated carbocycles. The quantitative estimate of drug-likeness (QED) is 0.883. The molecule has 0 aliphatic carbocycles. The van der Waals surface area contributed by atoms with Crippen molar-refractivity contribution in [1.82, 2.24) is 9.71 Å². The average Bonchev–Trinajstić information content (AvgIpc) is 2.46. The average molecular weight is 291 g/mol. The van der Waals surface area contributed by atoms with Crippen LogP contribution in [-0.2, 0) is 10.0 Å². The molecule has 1 heterocycles. The zero-order valence-corrected chi connectivity index (χ0v) is 12.0. The molecule has 6 heteroatoms. The number of hydrogen-bond acceptors (Lipinski definition) is 4. The Labute approximate surface area is 118 Å². The molecule has 3 N–H and O–H groups in total. The van der Waals surface area contributed by atoms with Crippen LogP contribution in [0.4, 0.5) is 5.82 Å². The summed E-state index contributed by atoms with van der Waals surface area (Å²) in [5.41, 5.74) is 6.39. The molecule has 1 aromatic carbocycles. The Morgan fingerprint density at radius 3 is 2.45 bits per heavy atom. The predicted molar refractivity (Wildman–Crippen MR) is 78.4 cm³/mol. The molecule has 2 aromatic rings. The Balaban J connectivity index is 2.24. The number of rotatable bonds is 5. The summed E-state index contributed by atoms with van der Waals surface area (Å²) >= 11 is 0. The van der Waals surface area contributed by atoms with E-state index >= 15 is 0 Å². The van der Waals surface area contributed by atoms with Gasteiger partial charge in [0.25, 0.3) is 0 Å². The molecule has 1 atom stereocenters. The number of pyridine rings is 1. The maximum atomic E-state index is 12.3. The summed E-state index contributed by atoms with van der Waals surface area (Å²) in [5, 5.41) is 0. The van der Waals surface area contributed by atoms with Gasteiger partial charge in [0.1, 0.15) is 10.7 Å². The van der Waals surface area contributed by atoms with Gasteiger partial charge in [-0.05, 0) is 24.1 Å². The van der Waals surface area contributed by atoms with Gasteiger partial charge in [0.05, 0.1) is 0 Å². The lowest BCUT2D eigenvalue weighted by Gasteiger charge is -2.17. The van der Waals surface area contributed by atoms with Crippen molar-refractivity contribution < 1.29 is 8.42 Å². The van der Waals surface area contributed by atoms with E-state index in [1.807, 2.05) is 37.3 Å². The van der Waals surface area contributed by atoms with Gasteiger partial charge in [-0.15, -0.1) is 0 Å². The van der Waals surface area contributed by atoms with Gasteiger partial charge in [0.2, 0.25) is 10.0 Å². The smallest absolute Gasteiger partial charge is 0.242 e. The molecule has 0 bridgehead atoms. The van der Waals surface area contributed by atoms with E-state index in [1.165, 1.54) is 18.3 Å². The maximum Gasteiger partial charge on any atom is 0.242 e. The Kier molecular flexibility index (Phi) is 4.36. The first-order valence-corrected chi connectivity index (χ1v) is 7.80. The first-order valence-electron chi connectivity index (χ1n) is 6.31. The third kappa shape index (κ3) is 3.34. The molecule has 0 saturated heterocycles. The Bertz CT molecular complexity index is 655. The third-order valence-electron chi connectivity index (χ3n) is 2.98. The summed E-state index contributed by atoms with van der Waals surface area (Å²) in [7, 11) is -3.60. The van der Waals surface area contributed by atoms with Gasteiger partial charge in [-0.3, -0.25) is 0 Å². The second-order valence-electron chi connectivity index (χ2n) is 4.41. The SMILES string of the molecule is CCC(NS(=O)(=O)c1ccc(N)nc1)c1ccccc1. The highest BCUT2D eigenvalue weighted by molar-refractivity contribution is 7.89. The molecule has 0 radical (unpaired) electrons. The van der Waals surface area contributed by atoms with E-state index in [0.29, 0.717) is 12.2 Å². The summed E-state index contributed by atoms with van der Waals surface area (Å²) in [6.45, 7) is 1.93. The summed E-state index contributed by atoms with van der Waals surface area (Å²) in [6.07, 6.45) is 1.92. The lowest BCUT2D eigenvalue weighted by Crippen LogP contribution is -2.28. The Morgan fingerprint density at radius 2 is 1.90 bits per heavy atom. The number of sulfonamides is 1. The lowest BCUT2D eigenvalue weighted by atomic mass is 10.1. The number of nitrogens with two attached hydrogens (primary N) is 1. The van der Waals surface area contributed by atoms with Crippen molar-refractivity contribution in [3.63, 3.8) is 0 Å². The van der Waals surface area contributed by atoms with Gasteiger partial charge in [-0.2, -0.15) is 0 Å². The first-order chi connectivity index (χ1) is 9.53. The van der Waals surface area contributed by atoms with Crippen molar-refractivity contribution in [2.75, 3.05) is 5.73 Å². The van der Waals surface area contributed by atoms with Crippen LogP contribution in [0.25, 0.3) is 0 Å². The minimum atomic E-state index is -3.60. The minimum Gasteiger partial charge on any atom is -0.384 e. The number of nitrogens with one attached hydrogen (secondary N) is 1. The molecule has 0 amide bonds. The number of anilines is 1. The van der Waals surface area contributed by atoms with E-state index in [4.69, 9.17) is 5.73 Å². The van der Waals surface area contributed by atoms with E-state index in [9.17, 15) is 8.42 Å². The van der Waals surface area contributed by atoms with Crippen LogP contribution < -0.4 is 10.5 Å². The van der Waals surface area contributed by atoms with Crippen LogP contribution in [0.2, 0.25) is 0 Å². The van der Waals surface area contributed by atoms with Gasteiger partial charge in [-0.25, -0.2) is 18.1 Å². The lowest BCUT2D eigenvalue weighted by molar-refractivity contribution is 0.550. The molecule has 5 nitrogen and oxygen atoms in total. The fourth-order valence-corrected chi connectivity index (χ4v) is 3.13. The van der Waals surface area contributed by atoms with Crippen molar-refractivity contribution in [2.45, 2.75) is 24.3 Å². The normalized spacial score (nSPS) is 13.1. The van der Waals surface area contributed by atoms with E-state index in [-0.39, 0.29) is 10.9 Å². The van der Waals surface area contributed by atoms with Gasteiger partial charge >= 0.3 is 0 Å². The molecule has 106 valence electrons. The molecular formula is C14H17N3O2S. The number of aromatic nitrogens is 1. The largest absolute Gasteiger partial charge is 0.384 e. The zero-order chi connectivity index (χ0) is 14.6. The molecular weight excluding hydrogens is 274 g/mol. The van der Waals surface area contributed by atoms with Crippen molar-refractivity contribution in [1.29, 1.82) is 0 Å². The summed E-state index contributed by atoms with van der Waals surface area (Å²) in [6, 6.07) is 12.1. The standard InChI is InChI=1S/C14H17N3O2S/c1-2-13(11-6-4-3-5-7-11)17-20(18,19)12-8-9-14(15)16-10-12/h3-10,13,17H,2H2,1H3,(H2,15,16). The van der Waals surface area contributed by atoms with Crippen LogP contribution in [0, 0.1) is 0 Å². The zero-order valence-electron chi connectivity index (χ0n) is 11.2. The van der Waals surface area contributed by atoms with E-state index < -0.39 is 10.0 Å². The van der Waals surface area contributed by atoms with E-state index in [1.54, 1.807) is 0 Å². The highest BCUT2D eigenvalue weighted by atomic mass is 32.2. The topological polar surface area (TPSA) is 85.1 Å². The minimum absolute atomic E-state index is 0.112. The van der Waals surface area contributed by atoms with Crippen molar-refractivity contribution >= 4 is 15.8 Å². The van der Waals surface area contributed by atoms with E-state index in [2.05, 4.69) is 9.71 Å². The van der Waals surface area contributed by atoms with Crippen LogP contribution in [0.3, 0.4) is 0 Å². The highest BCUT2D eigenvalue weighted by Crippen LogP contribution is 2.19. The van der Waals surface area contributed by atoms with Crippen LogP contribution in [0.1, 0.15) is 24.9 Å². The monoisotopic (exact) mass is 291 g/mol. The second kappa shape index (κ2) is 6.02. The van der Waals surface area contributed by atoms with Gasteiger partial charge < -0.3 is 5.73 Å². The molecule has 1 aromatic heterocycles. The highest BCUT2D eigenvalue weighted by Gasteiger charge is 2.20. The molecule has 0 fully saturated rings. The molecule has 20 heavy (non-hydrogen) atoms. The molecule has 2 rings (SSSR count). The fourth-order valence-electron chi connectivity index (χ4n) is 1.88. The van der Waals surface area contributed by atoms with Crippen molar-refractivity contribution in [2.24, 2.45) is 0 Å². The number of nitrogen functional groups attached to an aromatic ring is 1. The van der Waals surface area contributed by atoms with Crippen LogP contribution in [0.15, 0.2) is 53.6 Å². The number of benzene rings is 1. The Hall–Kier alpha value is -1.92. The van der Waals surface area contributed by atoms with Gasteiger partial charge in [0.15, 0.2) is 0 Å². The van der Waals surface area contributed by atoms with Crippen molar-refractivity contribution in [3.8, 4) is 0 Å². The fraction of sp³-hybridized carbons (Fsp3) is 0.214. The maximum absolute atomic E-state index is 12.3. The molecule has 1 unspecified atom stereocenters. The van der Waals surface area contributed by atoms with Crippen LogP contribution in [-0.4, -0.2) is 13.4 Å². The number of nitrogens with zero attached hydrogens (tertiary/aromatic N) is 1. The molecule has 0 spiro atoms. The third-order valence-corrected chi connectivity index (χ3v) is 4.43. The van der Waals surface area contributed by atoms with E-state index in [0.717, 1.165) is 5.56 Å². The van der Waals surface area contributed by atoms with Gasteiger partial charge in [-0.1, -0.05) is 37.3 Å². The van der Waals surface area contributed by atoms with Crippen LogP contribution in [0.5, 0.6) is 0 Å². The predicted octanol–water partition coefficient (Wildman–Crippen LogP) is 2.09. The van der Waals surface area contributed by atoms with Crippen LogP contribution >= 0.6 is 0 Å². The second-order valence-corrected chi connectivity index (χ2v) is 6.13. The molecule has 0 aliphatic rings. The summed E-state index contributed by atoms with van der Waals surface area (Å²) in [5.74, 6) is 0.291. The van der Waals surface area contributed by atoms with Crippen molar-refractivity contribution in [3.05, 3.63) is 54.2 Å².